The van der Waals surface area contributed by atoms with Crippen LogP contribution in [0.15, 0.2) is 29.8 Å². The zero-order chi connectivity index (χ0) is 26.0. The minimum Gasteiger partial charge on any atom is -0.192 e. The fraction of sp³-hybridized carbons (Fsp3) is 0.200. The Morgan fingerprint density at radius 3 is 1.09 bits per heavy atom. The number of fused-ring (bicyclic) bond motifs is 3. The third-order valence-corrected chi connectivity index (χ3v) is 4.80. The molecule has 0 aromatic heterocycles. The molecule has 0 saturated heterocycles. The first-order valence-corrected chi connectivity index (χ1v) is 8.52. The molecule has 2 nitrogen and oxygen atoms in total. The number of hydrogen-bond acceptors (Lipinski definition) is 2. The Kier molecular flexibility index (Phi) is 5.44. The van der Waals surface area contributed by atoms with Crippen molar-refractivity contribution in [3.8, 4) is 23.3 Å². The lowest BCUT2D eigenvalue weighted by Gasteiger charge is -2.19. The molecular weight excluding hydrogens is 496 g/mol. The SMILES string of the molecule is N#CC(C#N)=C1c2cc(C(F)(F)F)cc(C(F)(F)F)c2-c2c1cc(C(F)(F)F)cc2C(F)(F)F. The Labute approximate surface area is 180 Å². The number of hydrogen-bond donors (Lipinski definition) is 0. The quantitative estimate of drug-likeness (QED) is 0.236. The van der Waals surface area contributed by atoms with Crippen LogP contribution >= 0.6 is 0 Å². The molecule has 0 atom stereocenters. The number of nitrogens with zero attached hydrogens (tertiary/aromatic N) is 2. The van der Waals surface area contributed by atoms with Crippen molar-refractivity contribution in [1.82, 2.24) is 0 Å². The van der Waals surface area contributed by atoms with Gasteiger partial charge in [-0.25, -0.2) is 0 Å². The van der Waals surface area contributed by atoms with Gasteiger partial charge in [0.2, 0.25) is 0 Å². The maximum Gasteiger partial charge on any atom is 0.417 e. The molecule has 0 bridgehead atoms. The minimum absolute atomic E-state index is 0.0397. The van der Waals surface area contributed by atoms with Crippen molar-refractivity contribution < 1.29 is 52.7 Å². The Bertz CT molecular complexity index is 1210. The van der Waals surface area contributed by atoms with Gasteiger partial charge in [0.15, 0.2) is 0 Å². The normalized spacial score (nSPS) is 13.8. The summed E-state index contributed by atoms with van der Waals surface area (Å²) in [5, 5.41) is 18.3. The summed E-state index contributed by atoms with van der Waals surface area (Å²) < 4.78 is 162. The third-order valence-electron chi connectivity index (χ3n) is 4.80. The Morgan fingerprint density at radius 2 is 0.853 bits per heavy atom. The van der Waals surface area contributed by atoms with Crippen LogP contribution in [-0.2, 0) is 24.7 Å². The van der Waals surface area contributed by atoms with E-state index >= 15 is 0 Å². The largest absolute Gasteiger partial charge is 0.417 e. The summed E-state index contributed by atoms with van der Waals surface area (Å²) in [5.41, 5.74) is -16.5. The van der Waals surface area contributed by atoms with Gasteiger partial charge in [0.05, 0.1) is 22.3 Å². The lowest BCUT2D eigenvalue weighted by molar-refractivity contribution is -0.145. The second kappa shape index (κ2) is 7.41. The number of benzene rings is 2. The molecule has 34 heavy (non-hydrogen) atoms. The maximum absolute atomic E-state index is 13.7. The average molecular weight is 500 g/mol. The summed E-state index contributed by atoms with van der Waals surface area (Å²) in [6.45, 7) is 0. The lowest BCUT2D eigenvalue weighted by atomic mass is 9.92. The molecular formula is C20H4F12N2. The van der Waals surface area contributed by atoms with Crippen molar-refractivity contribution in [3.05, 3.63) is 63.2 Å². The van der Waals surface area contributed by atoms with Crippen LogP contribution in [0.25, 0.3) is 16.7 Å². The summed E-state index contributed by atoms with van der Waals surface area (Å²) in [4.78, 5) is 0. The molecule has 0 fully saturated rings. The molecule has 0 unspecified atom stereocenters. The Morgan fingerprint density at radius 1 is 0.529 bits per heavy atom. The van der Waals surface area contributed by atoms with Gasteiger partial charge in [-0.15, -0.1) is 0 Å². The molecule has 1 aliphatic rings. The standard InChI is InChI=1S/C20H4F12N2/c21-17(22,23)8-1-10-14(7(5-33)6-34)11-2-9(18(24,25)26)4-13(20(30,31)32)16(11)15(10)12(3-8)19(27,28)29/h1-4H. The second-order valence-corrected chi connectivity index (χ2v) is 6.86. The highest BCUT2D eigenvalue weighted by atomic mass is 19.4. The molecule has 0 heterocycles. The highest BCUT2D eigenvalue weighted by molar-refractivity contribution is 6.06. The number of nitriles is 2. The van der Waals surface area contributed by atoms with Crippen molar-refractivity contribution >= 4 is 5.57 Å². The molecule has 1 aliphatic carbocycles. The molecule has 0 amide bonds. The summed E-state index contributed by atoms with van der Waals surface area (Å²) in [7, 11) is 0. The lowest BCUT2D eigenvalue weighted by Crippen LogP contribution is -2.15. The van der Waals surface area contributed by atoms with Gasteiger partial charge in [-0.05, 0) is 35.4 Å². The van der Waals surface area contributed by atoms with E-state index in [0.717, 1.165) is 12.1 Å². The average Bonchev–Trinajstić information content (AvgIpc) is 2.99. The van der Waals surface area contributed by atoms with Gasteiger partial charge in [-0.1, -0.05) is 0 Å². The van der Waals surface area contributed by atoms with Crippen LogP contribution in [0.3, 0.4) is 0 Å². The van der Waals surface area contributed by atoms with Crippen LogP contribution < -0.4 is 0 Å². The Balaban J connectivity index is 2.71. The predicted molar refractivity (Wildman–Crippen MR) is 89.1 cm³/mol. The monoisotopic (exact) mass is 500 g/mol. The minimum atomic E-state index is -5.69. The van der Waals surface area contributed by atoms with Crippen LogP contribution in [0.5, 0.6) is 0 Å². The van der Waals surface area contributed by atoms with E-state index in [1.165, 1.54) is 0 Å². The van der Waals surface area contributed by atoms with Crippen molar-refractivity contribution in [2.75, 3.05) is 0 Å². The van der Waals surface area contributed by atoms with Crippen LogP contribution in [0, 0.1) is 22.7 Å². The number of alkyl halides is 12. The van der Waals surface area contributed by atoms with Gasteiger partial charge < -0.3 is 0 Å². The molecule has 14 heteroatoms. The Hall–Kier alpha value is -3.68. The topological polar surface area (TPSA) is 47.6 Å². The molecule has 0 spiro atoms. The van der Waals surface area contributed by atoms with E-state index in [1.54, 1.807) is 0 Å². The first kappa shape index (κ1) is 25.0. The van der Waals surface area contributed by atoms with Crippen molar-refractivity contribution in [2.24, 2.45) is 0 Å². The first-order chi connectivity index (χ1) is 15.3. The highest BCUT2D eigenvalue weighted by Crippen LogP contribution is 2.56. The fourth-order valence-electron chi connectivity index (χ4n) is 3.54. The van der Waals surface area contributed by atoms with Gasteiger partial charge in [0.25, 0.3) is 0 Å². The van der Waals surface area contributed by atoms with Crippen molar-refractivity contribution in [1.29, 1.82) is 10.5 Å². The molecule has 2 aromatic carbocycles. The first-order valence-electron chi connectivity index (χ1n) is 8.52. The van der Waals surface area contributed by atoms with Gasteiger partial charge in [0, 0.05) is 16.7 Å². The van der Waals surface area contributed by atoms with Crippen LogP contribution in [0.1, 0.15) is 33.4 Å². The molecule has 178 valence electrons. The highest BCUT2D eigenvalue weighted by Gasteiger charge is 2.48. The zero-order valence-electron chi connectivity index (χ0n) is 15.7. The van der Waals surface area contributed by atoms with E-state index in [-0.39, 0.29) is 12.1 Å². The van der Waals surface area contributed by atoms with E-state index in [2.05, 4.69) is 0 Å². The van der Waals surface area contributed by atoms with Gasteiger partial charge >= 0.3 is 24.7 Å². The van der Waals surface area contributed by atoms with Crippen LogP contribution in [-0.4, -0.2) is 0 Å². The van der Waals surface area contributed by atoms with Crippen LogP contribution in [0.2, 0.25) is 0 Å². The van der Waals surface area contributed by atoms with E-state index < -0.39 is 92.5 Å². The summed E-state index contributed by atoms with van der Waals surface area (Å²) in [5.74, 6) is 0. The molecule has 0 aliphatic heterocycles. The van der Waals surface area contributed by atoms with Crippen molar-refractivity contribution in [3.63, 3.8) is 0 Å². The van der Waals surface area contributed by atoms with Gasteiger partial charge in [-0.3, -0.25) is 0 Å². The predicted octanol–water partition coefficient (Wildman–Crippen LogP) is 7.59. The third kappa shape index (κ3) is 4.04. The van der Waals surface area contributed by atoms with Gasteiger partial charge in [-0.2, -0.15) is 63.2 Å². The van der Waals surface area contributed by atoms with E-state index in [9.17, 15) is 52.7 Å². The van der Waals surface area contributed by atoms with E-state index in [0.29, 0.717) is 0 Å². The number of allylic oxidation sites excluding steroid dienone is 1. The molecule has 3 rings (SSSR count). The molecule has 0 N–H and O–H groups in total. The van der Waals surface area contributed by atoms with Gasteiger partial charge in [0.1, 0.15) is 17.7 Å². The smallest absolute Gasteiger partial charge is 0.192 e. The van der Waals surface area contributed by atoms with E-state index in [1.807, 2.05) is 0 Å². The second-order valence-electron chi connectivity index (χ2n) is 6.86. The van der Waals surface area contributed by atoms with E-state index in [4.69, 9.17) is 10.5 Å². The summed E-state index contributed by atoms with van der Waals surface area (Å²) in [6.07, 6.45) is -22.3. The number of halogens is 12. The summed E-state index contributed by atoms with van der Waals surface area (Å²) in [6, 6.07) is 1.16. The summed E-state index contributed by atoms with van der Waals surface area (Å²) >= 11 is 0. The molecule has 0 radical (unpaired) electrons. The number of rotatable bonds is 0. The maximum atomic E-state index is 13.7. The van der Waals surface area contributed by atoms with Crippen molar-refractivity contribution in [2.45, 2.75) is 24.7 Å². The molecule has 2 aromatic rings. The van der Waals surface area contributed by atoms with Crippen LogP contribution in [0.4, 0.5) is 52.7 Å². The zero-order valence-corrected chi connectivity index (χ0v) is 15.7. The fourth-order valence-corrected chi connectivity index (χ4v) is 3.54. The molecule has 0 saturated carbocycles.